The fourth-order valence-electron chi connectivity index (χ4n) is 1.26. The van der Waals surface area contributed by atoms with Crippen LogP contribution in [0.4, 0.5) is 0 Å². The molecule has 0 aromatic carbocycles. The minimum atomic E-state index is -0.636. The summed E-state index contributed by atoms with van der Waals surface area (Å²) in [4.78, 5) is 25.7. The third-order valence-electron chi connectivity index (χ3n) is 2.06. The van der Waals surface area contributed by atoms with E-state index in [-0.39, 0.29) is 12.4 Å². The van der Waals surface area contributed by atoms with Crippen LogP contribution in [0.15, 0.2) is 30.4 Å². The van der Waals surface area contributed by atoms with Gasteiger partial charge in [-0.1, -0.05) is 17.7 Å². The lowest BCUT2D eigenvalue weighted by atomic mass is 10.3. The van der Waals surface area contributed by atoms with Crippen molar-refractivity contribution in [3.8, 4) is 0 Å². The summed E-state index contributed by atoms with van der Waals surface area (Å²) < 4.78 is 0. The molecule has 7 nitrogen and oxygen atoms in total. The molecule has 1 N–H and O–H groups in total. The molecule has 1 aromatic heterocycles. The van der Waals surface area contributed by atoms with Crippen molar-refractivity contribution in [1.29, 1.82) is 0 Å². The number of nitrogens with zero attached hydrogens (tertiary/aromatic N) is 3. The zero-order valence-corrected chi connectivity index (χ0v) is 10.3. The number of carbonyl (C=O) groups excluding carboxylic acids is 1. The van der Waals surface area contributed by atoms with Gasteiger partial charge in [0.05, 0.1) is 11.5 Å². The monoisotopic (exact) mass is 270 g/mol. The van der Waals surface area contributed by atoms with Gasteiger partial charge >= 0.3 is 0 Å². The van der Waals surface area contributed by atoms with Crippen LogP contribution in [0.5, 0.6) is 0 Å². The van der Waals surface area contributed by atoms with E-state index in [1.807, 2.05) is 0 Å². The van der Waals surface area contributed by atoms with E-state index in [9.17, 15) is 14.9 Å². The molecular weight excluding hydrogens is 260 g/mol. The molecule has 0 atom stereocenters. The van der Waals surface area contributed by atoms with Crippen molar-refractivity contribution in [2.45, 2.75) is 6.54 Å². The van der Waals surface area contributed by atoms with Gasteiger partial charge in [0.15, 0.2) is 5.82 Å². The Balaban J connectivity index is 2.86. The number of rotatable bonds is 6. The van der Waals surface area contributed by atoms with Crippen LogP contribution in [0.25, 0.3) is 0 Å². The molecule has 8 heteroatoms. The fourth-order valence-corrected chi connectivity index (χ4v) is 1.37. The van der Waals surface area contributed by atoms with Crippen LogP contribution in [-0.4, -0.2) is 28.3 Å². The smallest absolute Gasteiger partial charge is 0.274 e. The molecule has 0 saturated carbocycles. The first-order chi connectivity index (χ1) is 8.56. The highest BCUT2D eigenvalue weighted by Gasteiger charge is 2.11. The van der Waals surface area contributed by atoms with Gasteiger partial charge in [-0.2, -0.15) is 0 Å². The number of hydrogen-bond donors (Lipinski definition) is 1. The molecule has 0 aliphatic rings. The standard InChI is InChI=1S/C10H11ClN4O3/c1-12-10(6-15(17)18)14(7-16)5-8-2-3-9(11)13-4-8/h2-4,6-7,12H,5H2,1H3. The lowest BCUT2D eigenvalue weighted by molar-refractivity contribution is -0.404. The fraction of sp³-hybridized carbons (Fsp3) is 0.200. The van der Waals surface area contributed by atoms with Gasteiger partial charge in [0.1, 0.15) is 5.15 Å². The van der Waals surface area contributed by atoms with Crippen molar-refractivity contribution in [2.24, 2.45) is 0 Å². The SMILES string of the molecule is CNC(=C[N+](=O)[O-])N(C=O)Cc1ccc(Cl)nc1. The van der Waals surface area contributed by atoms with E-state index in [0.29, 0.717) is 17.1 Å². The molecule has 0 radical (unpaired) electrons. The summed E-state index contributed by atoms with van der Waals surface area (Å²) in [5.41, 5.74) is 0.705. The van der Waals surface area contributed by atoms with Gasteiger partial charge in [-0.3, -0.25) is 19.8 Å². The molecule has 1 amide bonds. The van der Waals surface area contributed by atoms with E-state index in [1.165, 1.54) is 13.2 Å². The van der Waals surface area contributed by atoms with Crippen LogP contribution in [0, 0.1) is 10.1 Å². The molecule has 0 aliphatic heterocycles. The third-order valence-corrected chi connectivity index (χ3v) is 2.29. The average molecular weight is 271 g/mol. The highest BCUT2D eigenvalue weighted by molar-refractivity contribution is 6.29. The van der Waals surface area contributed by atoms with Crippen molar-refractivity contribution >= 4 is 18.0 Å². The van der Waals surface area contributed by atoms with E-state index in [2.05, 4.69) is 10.3 Å². The third kappa shape index (κ3) is 4.02. The summed E-state index contributed by atoms with van der Waals surface area (Å²) in [5, 5.41) is 13.3. The number of nitrogens with one attached hydrogen (secondary N) is 1. The van der Waals surface area contributed by atoms with E-state index < -0.39 is 4.92 Å². The molecule has 1 heterocycles. The van der Waals surface area contributed by atoms with Gasteiger partial charge in [-0.25, -0.2) is 4.98 Å². The van der Waals surface area contributed by atoms with Crippen molar-refractivity contribution in [2.75, 3.05) is 7.05 Å². The Kier molecular flexibility index (Phi) is 5.06. The van der Waals surface area contributed by atoms with Crippen LogP contribution in [-0.2, 0) is 11.3 Å². The lowest BCUT2D eigenvalue weighted by Crippen LogP contribution is -2.29. The number of pyridine rings is 1. The normalized spacial score (nSPS) is 10.9. The second-order valence-corrected chi connectivity index (χ2v) is 3.66. The van der Waals surface area contributed by atoms with Crippen LogP contribution in [0.2, 0.25) is 5.15 Å². The molecule has 0 unspecified atom stereocenters. The van der Waals surface area contributed by atoms with Crippen LogP contribution in [0.3, 0.4) is 0 Å². The number of halogens is 1. The minimum absolute atomic E-state index is 0.0879. The van der Waals surface area contributed by atoms with Gasteiger partial charge in [-0.15, -0.1) is 0 Å². The highest BCUT2D eigenvalue weighted by atomic mass is 35.5. The van der Waals surface area contributed by atoms with Crippen molar-refractivity contribution < 1.29 is 9.72 Å². The second-order valence-electron chi connectivity index (χ2n) is 3.27. The second kappa shape index (κ2) is 6.55. The van der Waals surface area contributed by atoms with Crippen LogP contribution >= 0.6 is 11.6 Å². The first-order valence-corrected chi connectivity index (χ1v) is 5.30. The maximum absolute atomic E-state index is 10.9. The quantitative estimate of drug-likeness (QED) is 0.360. The summed E-state index contributed by atoms with van der Waals surface area (Å²) >= 11 is 5.63. The molecule has 18 heavy (non-hydrogen) atoms. The lowest BCUT2D eigenvalue weighted by Gasteiger charge is -2.18. The molecule has 0 fully saturated rings. The van der Waals surface area contributed by atoms with Crippen molar-refractivity contribution in [3.05, 3.63) is 51.2 Å². The number of aromatic nitrogens is 1. The Hall–Kier alpha value is -2.15. The zero-order valence-electron chi connectivity index (χ0n) is 9.54. The zero-order chi connectivity index (χ0) is 13.5. The molecule has 0 aliphatic carbocycles. The van der Waals surface area contributed by atoms with E-state index in [0.717, 1.165) is 11.1 Å². The summed E-state index contributed by atoms with van der Waals surface area (Å²) in [6, 6.07) is 3.27. The van der Waals surface area contributed by atoms with Crippen LogP contribution < -0.4 is 5.32 Å². The van der Waals surface area contributed by atoms with E-state index in [1.54, 1.807) is 12.1 Å². The first-order valence-electron chi connectivity index (χ1n) is 4.92. The minimum Gasteiger partial charge on any atom is -0.369 e. The Labute approximate surface area is 108 Å². The average Bonchev–Trinajstić information content (AvgIpc) is 2.35. The molecule has 0 spiro atoms. The van der Waals surface area contributed by atoms with Crippen molar-refractivity contribution in [1.82, 2.24) is 15.2 Å². The summed E-state index contributed by atoms with van der Waals surface area (Å²) in [6.07, 6.45) is 2.72. The van der Waals surface area contributed by atoms with E-state index in [4.69, 9.17) is 11.6 Å². The molecule has 1 aromatic rings. The summed E-state index contributed by atoms with van der Waals surface area (Å²) in [5.74, 6) is 0.0879. The van der Waals surface area contributed by atoms with Crippen LogP contribution in [0.1, 0.15) is 5.56 Å². The Morgan fingerprint density at radius 3 is 2.83 bits per heavy atom. The molecule has 0 saturated heterocycles. The first kappa shape index (κ1) is 13.9. The predicted molar refractivity (Wildman–Crippen MR) is 65.0 cm³/mol. The molecule has 1 rings (SSSR count). The summed E-state index contributed by atoms with van der Waals surface area (Å²) in [7, 11) is 1.49. The number of nitro groups is 1. The highest BCUT2D eigenvalue weighted by Crippen LogP contribution is 2.09. The van der Waals surface area contributed by atoms with Gasteiger partial charge in [-0.05, 0) is 11.6 Å². The molecule has 96 valence electrons. The van der Waals surface area contributed by atoms with Gasteiger partial charge in [0.25, 0.3) is 6.20 Å². The Bertz CT molecular complexity index is 461. The molecular formula is C10H11ClN4O3. The number of carbonyl (C=O) groups is 1. The maximum atomic E-state index is 10.9. The van der Waals surface area contributed by atoms with Gasteiger partial charge < -0.3 is 5.32 Å². The topological polar surface area (TPSA) is 88.4 Å². The largest absolute Gasteiger partial charge is 0.369 e. The Morgan fingerprint density at radius 1 is 1.67 bits per heavy atom. The Morgan fingerprint density at radius 2 is 2.39 bits per heavy atom. The predicted octanol–water partition coefficient (Wildman–Crippen LogP) is 0.988. The number of amides is 1. The van der Waals surface area contributed by atoms with Gasteiger partial charge in [0, 0.05) is 13.2 Å². The summed E-state index contributed by atoms with van der Waals surface area (Å²) in [6.45, 7) is 0.161. The van der Waals surface area contributed by atoms with Crippen molar-refractivity contribution in [3.63, 3.8) is 0 Å². The number of hydrogen-bond acceptors (Lipinski definition) is 5. The maximum Gasteiger partial charge on any atom is 0.274 e. The van der Waals surface area contributed by atoms with E-state index >= 15 is 0 Å². The van der Waals surface area contributed by atoms with Gasteiger partial charge in [0.2, 0.25) is 6.41 Å². The molecule has 0 bridgehead atoms.